The van der Waals surface area contributed by atoms with E-state index < -0.39 is 23.5 Å². The van der Waals surface area contributed by atoms with Gasteiger partial charge in [-0.15, -0.1) is 0 Å². The fourth-order valence-corrected chi connectivity index (χ4v) is 3.94. The van der Waals surface area contributed by atoms with Gasteiger partial charge in [-0.05, 0) is 42.0 Å². The number of methoxy groups -OCH3 is 1. The van der Waals surface area contributed by atoms with Crippen LogP contribution in [0.25, 0.3) is 10.8 Å². The molecule has 35 heavy (non-hydrogen) atoms. The minimum Gasteiger partial charge on any atom is -0.504 e. The van der Waals surface area contributed by atoms with E-state index >= 15 is 0 Å². The lowest BCUT2D eigenvalue weighted by molar-refractivity contribution is -0.124. The first-order valence-electron chi connectivity index (χ1n) is 11.2. The number of hydrogen-bond donors (Lipinski definition) is 4. The molecule has 8 nitrogen and oxygen atoms in total. The molecule has 184 valence electrons. The third kappa shape index (κ3) is 6.51. The van der Waals surface area contributed by atoms with Gasteiger partial charge in [0.25, 0.3) is 5.91 Å². The van der Waals surface area contributed by atoms with Crippen molar-refractivity contribution in [3.05, 3.63) is 78.4 Å². The molecule has 0 fully saturated rings. The molecule has 0 bridgehead atoms. The van der Waals surface area contributed by atoms with Crippen LogP contribution < -0.4 is 15.5 Å². The maximum absolute atomic E-state index is 13.0. The summed E-state index contributed by atoms with van der Waals surface area (Å²) in [6, 6.07) is 18.2. The summed E-state index contributed by atoms with van der Waals surface area (Å²) in [4.78, 5) is 24.3. The number of rotatable bonds is 9. The minimum absolute atomic E-state index is 0.0663. The molecule has 0 aliphatic rings. The van der Waals surface area contributed by atoms with Gasteiger partial charge in [0.05, 0.1) is 12.8 Å². The standard InChI is InChI=1S/C27H30N2O6/c1-27(2,16-7-6-13-24(31)29-33)25(19-14-15-23(34-3)22(30)17-19)35-26(32)28-21-12-8-10-18-9-4-5-11-20(18)21/h4-6,8-15,17,25,30,33H,7,16H2,1-3H3,(H,28,32)(H,29,31)/b13-6+/t25-/m0/s1. The quantitative estimate of drug-likeness (QED) is 0.178. The molecule has 0 spiro atoms. The van der Waals surface area contributed by atoms with Gasteiger partial charge in [-0.1, -0.05) is 62.4 Å². The molecule has 3 aromatic carbocycles. The lowest BCUT2D eigenvalue weighted by Gasteiger charge is -2.34. The molecule has 1 atom stereocenters. The fraction of sp³-hybridized carbons (Fsp3) is 0.259. The minimum atomic E-state index is -0.727. The molecule has 4 N–H and O–H groups in total. The number of amides is 2. The van der Waals surface area contributed by atoms with Crippen molar-refractivity contribution in [2.75, 3.05) is 12.4 Å². The predicted molar refractivity (Wildman–Crippen MR) is 134 cm³/mol. The smallest absolute Gasteiger partial charge is 0.412 e. The number of carbonyl (C=O) groups is 2. The Bertz CT molecular complexity index is 1220. The molecule has 2 amide bonds. The third-order valence-electron chi connectivity index (χ3n) is 5.80. The van der Waals surface area contributed by atoms with Crippen molar-refractivity contribution in [3.63, 3.8) is 0 Å². The number of phenols is 1. The van der Waals surface area contributed by atoms with Gasteiger partial charge >= 0.3 is 6.09 Å². The number of allylic oxidation sites excluding steroid dienone is 1. The zero-order valence-corrected chi connectivity index (χ0v) is 19.9. The fourth-order valence-electron chi connectivity index (χ4n) is 3.94. The highest BCUT2D eigenvalue weighted by molar-refractivity contribution is 6.00. The van der Waals surface area contributed by atoms with Crippen LogP contribution in [0.1, 0.15) is 38.4 Å². The first-order chi connectivity index (χ1) is 16.7. The van der Waals surface area contributed by atoms with Gasteiger partial charge in [0, 0.05) is 16.9 Å². The monoisotopic (exact) mass is 478 g/mol. The number of carbonyl (C=O) groups excluding carboxylic acids is 2. The molecule has 0 aromatic heterocycles. The number of ether oxygens (including phenoxy) is 2. The second kappa shape index (κ2) is 11.4. The molecule has 0 saturated heterocycles. The average molecular weight is 479 g/mol. The summed E-state index contributed by atoms with van der Waals surface area (Å²) in [5, 5.41) is 23.7. The molecular weight excluding hydrogens is 448 g/mol. The number of fused-ring (bicyclic) bond motifs is 1. The van der Waals surface area contributed by atoms with Gasteiger partial charge in [0.2, 0.25) is 0 Å². The number of nitrogens with one attached hydrogen (secondary N) is 2. The summed E-state index contributed by atoms with van der Waals surface area (Å²) in [7, 11) is 1.46. The maximum atomic E-state index is 13.0. The van der Waals surface area contributed by atoms with Crippen molar-refractivity contribution in [2.45, 2.75) is 32.8 Å². The van der Waals surface area contributed by atoms with E-state index in [1.54, 1.807) is 29.8 Å². The Morgan fingerprint density at radius 3 is 2.54 bits per heavy atom. The first kappa shape index (κ1) is 25.6. The topological polar surface area (TPSA) is 117 Å². The van der Waals surface area contributed by atoms with Crippen LogP contribution >= 0.6 is 0 Å². The lowest BCUT2D eigenvalue weighted by atomic mass is 9.78. The molecule has 0 radical (unpaired) electrons. The number of phenolic OH excluding ortho intramolecular Hbond substituents is 1. The van der Waals surface area contributed by atoms with E-state index in [9.17, 15) is 14.7 Å². The van der Waals surface area contributed by atoms with Crippen molar-refractivity contribution in [1.82, 2.24) is 5.48 Å². The molecule has 0 aliphatic heterocycles. The van der Waals surface area contributed by atoms with Gasteiger partial charge < -0.3 is 14.6 Å². The van der Waals surface area contributed by atoms with Gasteiger partial charge in [0.1, 0.15) is 6.10 Å². The van der Waals surface area contributed by atoms with E-state index in [1.807, 2.05) is 50.2 Å². The second-order valence-electron chi connectivity index (χ2n) is 8.77. The average Bonchev–Trinajstić information content (AvgIpc) is 2.85. The summed E-state index contributed by atoms with van der Waals surface area (Å²) in [6.45, 7) is 3.87. The van der Waals surface area contributed by atoms with Crippen LogP contribution in [-0.2, 0) is 9.53 Å². The lowest BCUT2D eigenvalue weighted by Crippen LogP contribution is -2.29. The molecule has 0 saturated carbocycles. The van der Waals surface area contributed by atoms with Crippen LogP contribution in [0.4, 0.5) is 10.5 Å². The molecule has 0 heterocycles. The van der Waals surface area contributed by atoms with E-state index in [2.05, 4.69) is 5.32 Å². The maximum Gasteiger partial charge on any atom is 0.412 e. The Morgan fingerprint density at radius 2 is 1.83 bits per heavy atom. The van der Waals surface area contributed by atoms with Crippen molar-refractivity contribution in [2.24, 2.45) is 5.41 Å². The first-order valence-corrected chi connectivity index (χ1v) is 11.2. The van der Waals surface area contributed by atoms with Crippen LogP contribution in [0.5, 0.6) is 11.5 Å². The SMILES string of the molecule is COc1ccc([C@H](OC(=O)Nc2cccc3ccccc23)C(C)(C)CC/C=C/C(=O)NO)cc1O. The van der Waals surface area contributed by atoms with Crippen molar-refractivity contribution in [3.8, 4) is 11.5 Å². The molecule has 3 rings (SSSR count). The van der Waals surface area contributed by atoms with E-state index in [1.165, 1.54) is 19.3 Å². The van der Waals surface area contributed by atoms with Crippen LogP contribution in [-0.4, -0.2) is 29.4 Å². The zero-order chi connectivity index (χ0) is 25.4. The van der Waals surface area contributed by atoms with Crippen LogP contribution in [0.3, 0.4) is 0 Å². The Kier molecular flexibility index (Phi) is 8.33. The highest BCUT2D eigenvalue weighted by Gasteiger charge is 2.34. The Balaban J connectivity index is 1.85. The summed E-state index contributed by atoms with van der Waals surface area (Å²) in [5.74, 6) is -0.378. The molecule has 0 unspecified atom stereocenters. The number of benzene rings is 3. The van der Waals surface area contributed by atoms with Crippen molar-refractivity contribution in [1.29, 1.82) is 0 Å². The predicted octanol–water partition coefficient (Wildman–Crippen LogP) is 5.71. The normalized spacial score (nSPS) is 12.3. The Labute approximate surface area is 204 Å². The van der Waals surface area contributed by atoms with Crippen LogP contribution in [0.15, 0.2) is 72.8 Å². The second-order valence-corrected chi connectivity index (χ2v) is 8.77. The van der Waals surface area contributed by atoms with Crippen LogP contribution in [0.2, 0.25) is 0 Å². The molecule has 3 aromatic rings. The van der Waals surface area contributed by atoms with Gasteiger partial charge in [-0.25, -0.2) is 10.3 Å². The Hall–Kier alpha value is -4.04. The van der Waals surface area contributed by atoms with Crippen molar-refractivity contribution >= 4 is 28.5 Å². The molecule has 8 heteroatoms. The Morgan fingerprint density at radius 1 is 1.09 bits per heavy atom. The molecular formula is C27H30N2O6. The number of hydrogen-bond acceptors (Lipinski definition) is 6. The highest BCUT2D eigenvalue weighted by Crippen LogP contribution is 2.43. The largest absolute Gasteiger partial charge is 0.504 e. The molecule has 0 aliphatic carbocycles. The van der Waals surface area contributed by atoms with Crippen molar-refractivity contribution < 1.29 is 29.4 Å². The summed E-state index contributed by atoms with van der Waals surface area (Å²) in [6.07, 6.45) is 2.54. The highest BCUT2D eigenvalue weighted by atomic mass is 16.6. The summed E-state index contributed by atoms with van der Waals surface area (Å²) >= 11 is 0. The van der Waals surface area contributed by atoms with Gasteiger partial charge in [0.15, 0.2) is 11.5 Å². The van der Waals surface area contributed by atoms with Gasteiger partial charge in [-0.2, -0.15) is 0 Å². The van der Waals surface area contributed by atoms with E-state index in [0.717, 1.165) is 10.8 Å². The number of aromatic hydroxyl groups is 1. The van der Waals surface area contributed by atoms with Crippen LogP contribution in [0, 0.1) is 5.41 Å². The summed E-state index contributed by atoms with van der Waals surface area (Å²) in [5.41, 5.74) is 2.18. The van der Waals surface area contributed by atoms with E-state index in [0.29, 0.717) is 29.8 Å². The zero-order valence-electron chi connectivity index (χ0n) is 19.9. The summed E-state index contributed by atoms with van der Waals surface area (Å²) < 4.78 is 11.1. The van der Waals surface area contributed by atoms with E-state index in [4.69, 9.17) is 14.7 Å². The third-order valence-corrected chi connectivity index (χ3v) is 5.80. The van der Waals surface area contributed by atoms with Gasteiger partial charge in [-0.3, -0.25) is 15.3 Å². The number of hydroxylamine groups is 1. The number of anilines is 1. The van der Waals surface area contributed by atoms with E-state index in [-0.39, 0.29) is 5.75 Å².